The van der Waals surface area contributed by atoms with Crippen LogP contribution in [0.3, 0.4) is 0 Å². The molecular formula is C17H19NO2. The van der Waals surface area contributed by atoms with Gasteiger partial charge in [-0.3, -0.25) is 0 Å². The van der Waals surface area contributed by atoms with Crippen LogP contribution in [0.25, 0.3) is 11.1 Å². The van der Waals surface area contributed by atoms with E-state index in [2.05, 4.69) is 49.5 Å². The Morgan fingerprint density at radius 2 is 1.85 bits per heavy atom. The molecule has 0 saturated carbocycles. The Kier molecular flexibility index (Phi) is 3.61. The lowest BCUT2D eigenvalue weighted by Gasteiger charge is -2.15. The number of fused-ring (bicyclic) bond motifs is 1. The van der Waals surface area contributed by atoms with Gasteiger partial charge in [-0.05, 0) is 17.2 Å². The number of nitrogens with one attached hydrogen (secondary N) is 1. The van der Waals surface area contributed by atoms with Crippen molar-refractivity contribution in [1.82, 2.24) is 5.32 Å². The van der Waals surface area contributed by atoms with Crippen LogP contribution >= 0.6 is 0 Å². The lowest BCUT2D eigenvalue weighted by Crippen LogP contribution is -2.22. The molecule has 0 spiro atoms. The molecule has 0 atom stereocenters. The van der Waals surface area contributed by atoms with E-state index in [4.69, 9.17) is 9.47 Å². The highest BCUT2D eigenvalue weighted by Crippen LogP contribution is 2.41. The summed E-state index contributed by atoms with van der Waals surface area (Å²) in [6.07, 6.45) is 0. The lowest BCUT2D eigenvalue weighted by atomic mass is 9.98. The molecule has 0 aromatic heterocycles. The van der Waals surface area contributed by atoms with Gasteiger partial charge in [0.15, 0.2) is 11.5 Å². The highest BCUT2D eigenvalue weighted by molar-refractivity contribution is 5.72. The van der Waals surface area contributed by atoms with Crippen molar-refractivity contribution in [2.75, 3.05) is 6.79 Å². The number of benzene rings is 2. The van der Waals surface area contributed by atoms with Crippen molar-refractivity contribution in [2.24, 2.45) is 0 Å². The molecule has 3 rings (SSSR count). The van der Waals surface area contributed by atoms with E-state index < -0.39 is 0 Å². The van der Waals surface area contributed by atoms with Gasteiger partial charge in [0.2, 0.25) is 6.79 Å². The van der Waals surface area contributed by atoms with E-state index in [1.165, 1.54) is 16.7 Å². The van der Waals surface area contributed by atoms with Crippen LogP contribution in [0.5, 0.6) is 11.5 Å². The van der Waals surface area contributed by atoms with E-state index in [9.17, 15) is 0 Å². The molecule has 0 aliphatic carbocycles. The fraction of sp³-hybridized carbons (Fsp3) is 0.294. The second-order valence-corrected chi connectivity index (χ2v) is 5.23. The Morgan fingerprint density at radius 1 is 1.05 bits per heavy atom. The third-order valence-corrected chi connectivity index (χ3v) is 3.41. The molecule has 1 heterocycles. The van der Waals surface area contributed by atoms with Crippen LogP contribution in [0, 0.1) is 0 Å². The molecule has 1 aliphatic rings. The van der Waals surface area contributed by atoms with Crippen molar-refractivity contribution in [3.63, 3.8) is 0 Å². The van der Waals surface area contributed by atoms with Gasteiger partial charge in [-0.2, -0.15) is 0 Å². The number of hydrogen-bond acceptors (Lipinski definition) is 3. The molecule has 3 heteroatoms. The highest BCUT2D eigenvalue weighted by Gasteiger charge is 2.21. The topological polar surface area (TPSA) is 30.5 Å². The van der Waals surface area contributed by atoms with Gasteiger partial charge in [-0.15, -0.1) is 0 Å². The number of ether oxygens (including phenoxy) is 2. The second kappa shape index (κ2) is 5.55. The van der Waals surface area contributed by atoms with Crippen LogP contribution in [-0.2, 0) is 6.54 Å². The zero-order valence-electron chi connectivity index (χ0n) is 11.8. The fourth-order valence-electron chi connectivity index (χ4n) is 2.40. The molecule has 0 bridgehead atoms. The van der Waals surface area contributed by atoms with Crippen LogP contribution in [0.15, 0.2) is 42.5 Å². The Hall–Kier alpha value is -2.00. The molecule has 0 saturated heterocycles. The summed E-state index contributed by atoms with van der Waals surface area (Å²) in [4.78, 5) is 0. The standard InChI is InChI=1S/C17H19NO2/c1-12(2)18-10-15-14(13-6-4-3-5-7-13)8-9-16-17(15)20-11-19-16/h3-9,12,18H,10-11H2,1-2H3. The van der Waals surface area contributed by atoms with Gasteiger partial charge in [-0.1, -0.05) is 50.2 Å². The maximum Gasteiger partial charge on any atom is 0.231 e. The largest absolute Gasteiger partial charge is 0.454 e. The quantitative estimate of drug-likeness (QED) is 0.920. The van der Waals surface area contributed by atoms with Crippen molar-refractivity contribution < 1.29 is 9.47 Å². The smallest absolute Gasteiger partial charge is 0.231 e. The zero-order chi connectivity index (χ0) is 13.9. The summed E-state index contributed by atoms with van der Waals surface area (Å²) < 4.78 is 11.1. The summed E-state index contributed by atoms with van der Waals surface area (Å²) in [5.41, 5.74) is 3.56. The van der Waals surface area contributed by atoms with E-state index in [0.29, 0.717) is 12.8 Å². The molecule has 104 valence electrons. The van der Waals surface area contributed by atoms with Crippen molar-refractivity contribution in [3.05, 3.63) is 48.0 Å². The lowest BCUT2D eigenvalue weighted by molar-refractivity contribution is 0.173. The maximum absolute atomic E-state index is 5.66. The summed E-state index contributed by atoms with van der Waals surface area (Å²) in [6.45, 7) is 5.36. The Bertz CT molecular complexity index is 593. The molecule has 0 fully saturated rings. The molecule has 20 heavy (non-hydrogen) atoms. The predicted molar refractivity (Wildman–Crippen MR) is 80.0 cm³/mol. The molecule has 0 radical (unpaired) electrons. The summed E-state index contributed by atoms with van der Waals surface area (Å²) >= 11 is 0. The van der Waals surface area contributed by atoms with Gasteiger partial charge < -0.3 is 14.8 Å². The Morgan fingerprint density at radius 3 is 2.60 bits per heavy atom. The fourth-order valence-corrected chi connectivity index (χ4v) is 2.40. The van der Waals surface area contributed by atoms with Crippen molar-refractivity contribution in [3.8, 4) is 22.6 Å². The average molecular weight is 269 g/mol. The van der Waals surface area contributed by atoms with Gasteiger partial charge in [0, 0.05) is 18.2 Å². The Balaban J connectivity index is 2.05. The van der Waals surface area contributed by atoms with E-state index in [1.807, 2.05) is 12.1 Å². The van der Waals surface area contributed by atoms with Crippen LogP contribution in [0.4, 0.5) is 0 Å². The molecule has 2 aromatic rings. The van der Waals surface area contributed by atoms with Gasteiger partial charge in [0.05, 0.1) is 0 Å². The van der Waals surface area contributed by atoms with E-state index in [1.54, 1.807) is 0 Å². The summed E-state index contributed by atoms with van der Waals surface area (Å²) in [7, 11) is 0. The van der Waals surface area contributed by atoms with Crippen molar-refractivity contribution in [2.45, 2.75) is 26.4 Å². The first-order chi connectivity index (χ1) is 9.75. The minimum absolute atomic E-state index is 0.308. The number of rotatable bonds is 4. The molecule has 3 nitrogen and oxygen atoms in total. The summed E-state index contributed by atoms with van der Waals surface area (Å²) in [6, 6.07) is 14.9. The third kappa shape index (κ3) is 2.49. The molecule has 0 unspecified atom stereocenters. The molecule has 0 amide bonds. The minimum Gasteiger partial charge on any atom is -0.454 e. The van der Waals surface area contributed by atoms with E-state index >= 15 is 0 Å². The van der Waals surface area contributed by atoms with Gasteiger partial charge in [0.1, 0.15) is 0 Å². The highest BCUT2D eigenvalue weighted by atomic mass is 16.7. The molecule has 1 aliphatic heterocycles. The average Bonchev–Trinajstić information content (AvgIpc) is 2.94. The molecule has 2 aromatic carbocycles. The zero-order valence-corrected chi connectivity index (χ0v) is 11.8. The Labute approximate surface area is 119 Å². The normalized spacial score (nSPS) is 12.9. The molecular weight excluding hydrogens is 250 g/mol. The first-order valence-electron chi connectivity index (χ1n) is 6.96. The second-order valence-electron chi connectivity index (χ2n) is 5.23. The van der Waals surface area contributed by atoms with Gasteiger partial charge in [-0.25, -0.2) is 0 Å². The predicted octanol–water partition coefficient (Wildman–Crippen LogP) is 3.58. The first-order valence-corrected chi connectivity index (χ1v) is 6.96. The van der Waals surface area contributed by atoms with Crippen molar-refractivity contribution >= 4 is 0 Å². The van der Waals surface area contributed by atoms with Crippen LogP contribution < -0.4 is 14.8 Å². The van der Waals surface area contributed by atoms with Gasteiger partial charge >= 0.3 is 0 Å². The van der Waals surface area contributed by atoms with E-state index in [0.717, 1.165) is 18.0 Å². The van der Waals surface area contributed by atoms with E-state index in [-0.39, 0.29) is 0 Å². The summed E-state index contributed by atoms with van der Waals surface area (Å²) in [5, 5.41) is 3.47. The minimum atomic E-state index is 0.308. The van der Waals surface area contributed by atoms with Crippen LogP contribution in [0.1, 0.15) is 19.4 Å². The summed E-state index contributed by atoms with van der Waals surface area (Å²) in [5.74, 6) is 1.71. The molecule has 1 N–H and O–H groups in total. The van der Waals surface area contributed by atoms with Crippen LogP contribution in [0.2, 0.25) is 0 Å². The first kappa shape index (κ1) is 13.0. The number of hydrogen-bond donors (Lipinski definition) is 1. The third-order valence-electron chi connectivity index (χ3n) is 3.41. The van der Waals surface area contributed by atoms with Crippen molar-refractivity contribution in [1.29, 1.82) is 0 Å². The SMILES string of the molecule is CC(C)NCc1c(-c2ccccc2)ccc2c1OCO2. The van der Waals surface area contributed by atoms with Gasteiger partial charge in [0.25, 0.3) is 0 Å². The monoisotopic (exact) mass is 269 g/mol. The van der Waals surface area contributed by atoms with Crippen LogP contribution in [-0.4, -0.2) is 12.8 Å². The maximum atomic E-state index is 5.66.